The molecular weight excluding hydrogens is 243 g/mol. The Labute approximate surface area is 72.6 Å². The molecule has 1 aromatic rings. The van der Waals surface area contributed by atoms with Crippen molar-refractivity contribution < 1.29 is 10.2 Å². The number of benzene rings is 1. The molecule has 0 saturated heterocycles. The zero-order valence-electron chi connectivity index (χ0n) is 5.16. The van der Waals surface area contributed by atoms with Crippen LogP contribution in [-0.4, -0.2) is 10.2 Å². The van der Waals surface area contributed by atoms with Crippen molar-refractivity contribution in [1.82, 2.24) is 0 Å². The van der Waals surface area contributed by atoms with E-state index in [-0.39, 0.29) is 0 Å². The Balaban J connectivity index is 2.96. The molecule has 0 amide bonds. The molecule has 10 heavy (non-hydrogen) atoms. The van der Waals surface area contributed by atoms with Gasteiger partial charge in [-0.1, -0.05) is 12.1 Å². The zero-order chi connectivity index (χ0) is 7.56. The molecule has 0 unspecified atom stereocenters. The Morgan fingerprint density at radius 1 is 1.30 bits per heavy atom. The Kier molecular flexibility index (Phi) is 2.64. The summed E-state index contributed by atoms with van der Waals surface area (Å²) in [5.41, 5.74) is 0.534. The summed E-state index contributed by atoms with van der Waals surface area (Å²) in [7, 11) is 0. The largest absolute Gasteiger partial charge is 0.364 e. The van der Waals surface area contributed by atoms with Crippen LogP contribution in [0.25, 0.3) is 0 Å². The average Bonchev–Trinajstić information content (AvgIpc) is 1.88. The zero-order valence-corrected chi connectivity index (χ0v) is 7.32. The van der Waals surface area contributed by atoms with Gasteiger partial charge in [0.1, 0.15) is 0 Å². The van der Waals surface area contributed by atoms with Gasteiger partial charge < -0.3 is 10.2 Å². The summed E-state index contributed by atoms with van der Waals surface area (Å²) in [5, 5.41) is 17.4. The van der Waals surface area contributed by atoms with Crippen LogP contribution in [0.2, 0.25) is 0 Å². The summed E-state index contributed by atoms with van der Waals surface area (Å²) in [6.45, 7) is 0. The van der Waals surface area contributed by atoms with Gasteiger partial charge in [-0.05, 0) is 34.7 Å². The molecule has 0 aliphatic rings. The van der Waals surface area contributed by atoms with E-state index in [0.717, 1.165) is 3.57 Å². The SMILES string of the molecule is OC(O)c1cccc(I)c1. The van der Waals surface area contributed by atoms with Crippen LogP contribution in [0.3, 0.4) is 0 Å². The van der Waals surface area contributed by atoms with Crippen LogP contribution in [0.15, 0.2) is 24.3 Å². The van der Waals surface area contributed by atoms with Crippen LogP contribution in [-0.2, 0) is 0 Å². The molecule has 1 aromatic carbocycles. The van der Waals surface area contributed by atoms with Crippen molar-refractivity contribution in [3.05, 3.63) is 33.4 Å². The van der Waals surface area contributed by atoms with Crippen LogP contribution in [0.5, 0.6) is 0 Å². The van der Waals surface area contributed by atoms with Crippen molar-refractivity contribution in [1.29, 1.82) is 0 Å². The van der Waals surface area contributed by atoms with E-state index in [4.69, 9.17) is 10.2 Å². The average molecular weight is 250 g/mol. The minimum absolute atomic E-state index is 0.534. The predicted octanol–water partition coefficient (Wildman–Crippen LogP) is 1.27. The topological polar surface area (TPSA) is 40.5 Å². The van der Waals surface area contributed by atoms with E-state index in [9.17, 15) is 0 Å². The summed E-state index contributed by atoms with van der Waals surface area (Å²) in [4.78, 5) is 0. The van der Waals surface area contributed by atoms with Crippen molar-refractivity contribution in [2.24, 2.45) is 0 Å². The minimum Gasteiger partial charge on any atom is -0.364 e. The fourth-order valence-electron chi connectivity index (χ4n) is 0.667. The number of aliphatic hydroxyl groups is 2. The highest BCUT2D eigenvalue weighted by atomic mass is 127. The molecular formula is C7H7IO2. The fourth-order valence-corrected chi connectivity index (χ4v) is 1.23. The lowest BCUT2D eigenvalue weighted by atomic mass is 10.2. The molecule has 2 nitrogen and oxygen atoms in total. The van der Waals surface area contributed by atoms with E-state index >= 15 is 0 Å². The van der Waals surface area contributed by atoms with E-state index in [1.807, 2.05) is 6.07 Å². The van der Waals surface area contributed by atoms with Crippen LogP contribution in [0.4, 0.5) is 0 Å². The van der Waals surface area contributed by atoms with Crippen molar-refractivity contribution in [3.8, 4) is 0 Å². The van der Waals surface area contributed by atoms with E-state index in [0.29, 0.717) is 5.56 Å². The standard InChI is InChI=1S/C7H7IO2/c8-6-3-1-2-5(4-6)7(9)10/h1-4,7,9-10H. The van der Waals surface area contributed by atoms with Crippen molar-refractivity contribution in [2.75, 3.05) is 0 Å². The molecule has 3 heteroatoms. The van der Waals surface area contributed by atoms with Crippen molar-refractivity contribution in [2.45, 2.75) is 6.29 Å². The molecule has 0 fully saturated rings. The molecule has 0 aliphatic heterocycles. The normalized spacial score (nSPS) is 10.4. The second-order valence-electron chi connectivity index (χ2n) is 1.93. The second kappa shape index (κ2) is 3.32. The summed E-state index contributed by atoms with van der Waals surface area (Å²) in [6.07, 6.45) is -1.35. The Hall–Kier alpha value is -0.130. The number of halogens is 1. The van der Waals surface area contributed by atoms with Crippen LogP contribution >= 0.6 is 22.6 Å². The lowest BCUT2D eigenvalue weighted by molar-refractivity contribution is -0.0425. The first-order valence-electron chi connectivity index (χ1n) is 2.82. The van der Waals surface area contributed by atoms with Crippen molar-refractivity contribution in [3.63, 3.8) is 0 Å². The minimum atomic E-state index is -1.35. The van der Waals surface area contributed by atoms with E-state index in [1.54, 1.807) is 18.2 Å². The highest BCUT2D eigenvalue weighted by molar-refractivity contribution is 14.1. The quantitative estimate of drug-likeness (QED) is 0.582. The Morgan fingerprint density at radius 2 is 2.00 bits per heavy atom. The summed E-state index contributed by atoms with van der Waals surface area (Å²) >= 11 is 2.12. The van der Waals surface area contributed by atoms with Gasteiger partial charge in [0.05, 0.1) is 0 Å². The van der Waals surface area contributed by atoms with Gasteiger partial charge in [0.25, 0.3) is 0 Å². The van der Waals surface area contributed by atoms with Gasteiger partial charge >= 0.3 is 0 Å². The van der Waals surface area contributed by atoms with Gasteiger partial charge in [-0.3, -0.25) is 0 Å². The fraction of sp³-hybridized carbons (Fsp3) is 0.143. The summed E-state index contributed by atoms with van der Waals surface area (Å²) in [6, 6.07) is 7.08. The maximum absolute atomic E-state index is 8.70. The first kappa shape index (κ1) is 7.97. The highest BCUT2D eigenvalue weighted by Crippen LogP contribution is 2.12. The van der Waals surface area contributed by atoms with Gasteiger partial charge in [-0.25, -0.2) is 0 Å². The number of aliphatic hydroxyl groups excluding tert-OH is 1. The monoisotopic (exact) mass is 250 g/mol. The molecule has 0 spiro atoms. The van der Waals surface area contributed by atoms with Gasteiger partial charge in [0.15, 0.2) is 6.29 Å². The first-order chi connectivity index (χ1) is 4.70. The van der Waals surface area contributed by atoms with Gasteiger partial charge in [0, 0.05) is 9.13 Å². The first-order valence-corrected chi connectivity index (χ1v) is 3.89. The predicted molar refractivity (Wildman–Crippen MR) is 46.3 cm³/mol. The molecule has 54 valence electrons. The van der Waals surface area contributed by atoms with E-state index in [2.05, 4.69) is 22.6 Å². The van der Waals surface area contributed by atoms with E-state index < -0.39 is 6.29 Å². The lowest BCUT2D eigenvalue weighted by Crippen LogP contribution is -1.93. The second-order valence-corrected chi connectivity index (χ2v) is 3.17. The molecule has 0 aliphatic carbocycles. The third kappa shape index (κ3) is 1.93. The van der Waals surface area contributed by atoms with E-state index in [1.165, 1.54) is 0 Å². The molecule has 0 saturated carbocycles. The van der Waals surface area contributed by atoms with Gasteiger partial charge in [-0.2, -0.15) is 0 Å². The molecule has 0 heterocycles. The number of rotatable bonds is 1. The highest BCUT2D eigenvalue weighted by Gasteiger charge is 2.00. The number of hydrogen-bond acceptors (Lipinski definition) is 2. The van der Waals surface area contributed by atoms with Crippen LogP contribution in [0.1, 0.15) is 11.9 Å². The number of hydrogen-bond donors (Lipinski definition) is 2. The molecule has 1 rings (SSSR count). The molecule has 0 atom stereocenters. The smallest absolute Gasteiger partial charge is 0.178 e. The molecule has 0 aromatic heterocycles. The van der Waals surface area contributed by atoms with Gasteiger partial charge in [0.2, 0.25) is 0 Å². The Bertz CT molecular complexity index is 223. The van der Waals surface area contributed by atoms with Crippen LogP contribution in [0, 0.1) is 3.57 Å². The summed E-state index contributed by atoms with van der Waals surface area (Å²) in [5.74, 6) is 0. The third-order valence-electron chi connectivity index (χ3n) is 1.15. The Morgan fingerprint density at radius 3 is 2.40 bits per heavy atom. The van der Waals surface area contributed by atoms with Gasteiger partial charge in [-0.15, -0.1) is 0 Å². The maximum Gasteiger partial charge on any atom is 0.178 e. The lowest BCUT2D eigenvalue weighted by Gasteiger charge is -2.02. The molecule has 2 N–H and O–H groups in total. The summed E-state index contributed by atoms with van der Waals surface area (Å²) < 4.78 is 1.00. The third-order valence-corrected chi connectivity index (χ3v) is 1.82. The maximum atomic E-state index is 8.70. The molecule has 0 radical (unpaired) electrons. The molecule has 0 bridgehead atoms. The van der Waals surface area contributed by atoms with Crippen LogP contribution < -0.4 is 0 Å². The van der Waals surface area contributed by atoms with Crippen molar-refractivity contribution >= 4 is 22.6 Å².